The number of anilines is 1. The van der Waals surface area contributed by atoms with Gasteiger partial charge in [0, 0.05) is 6.54 Å². The van der Waals surface area contributed by atoms with Crippen molar-refractivity contribution in [3.05, 3.63) is 22.2 Å². The number of halogens is 2. The SMILES string of the molecule is CN1CCC(C)(Cn2c(N)nc3cc(Cl)c(Cl)cc32)CC1. The van der Waals surface area contributed by atoms with E-state index in [1.165, 1.54) is 0 Å². The van der Waals surface area contributed by atoms with E-state index >= 15 is 0 Å². The summed E-state index contributed by atoms with van der Waals surface area (Å²) in [7, 11) is 2.17. The molecule has 1 aromatic heterocycles. The van der Waals surface area contributed by atoms with E-state index in [2.05, 4.69) is 28.4 Å². The third-order valence-corrected chi connectivity index (χ3v) is 5.28. The molecule has 0 amide bonds. The molecule has 21 heavy (non-hydrogen) atoms. The van der Waals surface area contributed by atoms with Crippen LogP contribution in [0.5, 0.6) is 0 Å². The smallest absolute Gasteiger partial charge is 0.201 e. The lowest BCUT2D eigenvalue weighted by Gasteiger charge is -2.38. The quantitative estimate of drug-likeness (QED) is 0.916. The summed E-state index contributed by atoms with van der Waals surface area (Å²) in [4.78, 5) is 6.78. The summed E-state index contributed by atoms with van der Waals surface area (Å²) in [5, 5.41) is 1.05. The predicted octanol–water partition coefficient (Wildman–Crippen LogP) is 3.66. The van der Waals surface area contributed by atoms with Crippen molar-refractivity contribution in [2.75, 3.05) is 25.9 Å². The number of nitrogen functional groups attached to an aromatic ring is 1. The molecule has 0 bridgehead atoms. The van der Waals surface area contributed by atoms with E-state index in [9.17, 15) is 0 Å². The van der Waals surface area contributed by atoms with Crippen LogP contribution in [0.3, 0.4) is 0 Å². The van der Waals surface area contributed by atoms with Gasteiger partial charge in [-0.05, 0) is 50.5 Å². The second-order valence-corrected chi connectivity index (χ2v) is 7.24. The Kier molecular flexibility index (Phi) is 3.80. The molecule has 1 aromatic carbocycles. The number of nitrogens with two attached hydrogens (primary N) is 1. The number of benzene rings is 1. The van der Waals surface area contributed by atoms with Gasteiger partial charge in [0.1, 0.15) is 0 Å². The maximum Gasteiger partial charge on any atom is 0.201 e. The van der Waals surface area contributed by atoms with Gasteiger partial charge in [0.25, 0.3) is 0 Å². The number of hydrogen-bond donors (Lipinski definition) is 1. The van der Waals surface area contributed by atoms with E-state index < -0.39 is 0 Å². The molecule has 0 atom stereocenters. The Morgan fingerprint density at radius 1 is 1.24 bits per heavy atom. The summed E-state index contributed by atoms with van der Waals surface area (Å²) < 4.78 is 2.07. The van der Waals surface area contributed by atoms with E-state index in [4.69, 9.17) is 28.9 Å². The van der Waals surface area contributed by atoms with Gasteiger partial charge in [0.05, 0.1) is 21.1 Å². The highest BCUT2D eigenvalue weighted by Crippen LogP contribution is 2.36. The minimum atomic E-state index is 0.236. The Morgan fingerprint density at radius 2 is 1.86 bits per heavy atom. The van der Waals surface area contributed by atoms with Crippen LogP contribution in [0.2, 0.25) is 10.0 Å². The minimum Gasteiger partial charge on any atom is -0.369 e. The Labute approximate surface area is 134 Å². The van der Waals surface area contributed by atoms with Gasteiger partial charge in [-0.3, -0.25) is 0 Å². The van der Waals surface area contributed by atoms with Gasteiger partial charge in [-0.25, -0.2) is 4.98 Å². The number of aromatic nitrogens is 2. The first kappa shape index (κ1) is 14.9. The number of likely N-dealkylation sites (tertiary alicyclic amines) is 1. The average molecular weight is 327 g/mol. The molecular weight excluding hydrogens is 307 g/mol. The third kappa shape index (κ3) is 2.85. The monoisotopic (exact) mass is 326 g/mol. The maximum atomic E-state index is 6.14. The lowest BCUT2D eigenvalue weighted by Crippen LogP contribution is -2.38. The number of nitrogens with zero attached hydrogens (tertiary/aromatic N) is 3. The van der Waals surface area contributed by atoms with Crippen LogP contribution < -0.4 is 5.73 Å². The van der Waals surface area contributed by atoms with Gasteiger partial charge in [-0.1, -0.05) is 30.1 Å². The number of fused-ring (bicyclic) bond motifs is 1. The summed E-state index contributed by atoms with van der Waals surface area (Å²) in [6.07, 6.45) is 2.31. The average Bonchev–Trinajstić information content (AvgIpc) is 2.71. The molecule has 0 spiro atoms. The molecule has 0 radical (unpaired) electrons. The van der Waals surface area contributed by atoms with Gasteiger partial charge in [0.15, 0.2) is 0 Å². The number of piperidine rings is 1. The number of hydrogen-bond acceptors (Lipinski definition) is 3. The van der Waals surface area contributed by atoms with Crippen LogP contribution in [0, 0.1) is 5.41 Å². The van der Waals surface area contributed by atoms with Crippen LogP contribution in [0.25, 0.3) is 11.0 Å². The van der Waals surface area contributed by atoms with Crippen molar-refractivity contribution in [1.82, 2.24) is 14.5 Å². The van der Waals surface area contributed by atoms with E-state index in [1.54, 1.807) is 6.07 Å². The molecule has 2 heterocycles. The topological polar surface area (TPSA) is 47.1 Å². The first-order valence-electron chi connectivity index (χ1n) is 7.17. The minimum absolute atomic E-state index is 0.236. The largest absolute Gasteiger partial charge is 0.369 e. The van der Waals surface area contributed by atoms with Gasteiger partial charge in [-0.2, -0.15) is 0 Å². The molecule has 0 aliphatic carbocycles. The predicted molar refractivity (Wildman–Crippen MR) is 89.0 cm³/mol. The first-order valence-corrected chi connectivity index (χ1v) is 7.93. The molecule has 2 N–H and O–H groups in total. The summed E-state index contributed by atoms with van der Waals surface area (Å²) in [5.74, 6) is 0.531. The van der Waals surface area contributed by atoms with E-state index in [-0.39, 0.29) is 5.41 Å². The summed E-state index contributed by atoms with van der Waals surface area (Å²) in [6, 6.07) is 3.64. The molecule has 1 aliphatic rings. The second-order valence-electron chi connectivity index (χ2n) is 6.43. The Morgan fingerprint density at radius 3 is 2.52 bits per heavy atom. The normalized spacial score (nSPS) is 19.2. The maximum absolute atomic E-state index is 6.14. The highest BCUT2D eigenvalue weighted by Gasteiger charge is 2.30. The lowest BCUT2D eigenvalue weighted by atomic mass is 9.80. The van der Waals surface area contributed by atoms with Crippen molar-refractivity contribution < 1.29 is 0 Å². The zero-order chi connectivity index (χ0) is 15.2. The van der Waals surface area contributed by atoms with Crippen LogP contribution in [-0.4, -0.2) is 34.6 Å². The Hall–Kier alpha value is -0.970. The Bertz CT molecular complexity index is 672. The third-order valence-electron chi connectivity index (χ3n) is 4.55. The first-order chi connectivity index (χ1) is 9.88. The fraction of sp³-hybridized carbons (Fsp3) is 0.533. The van der Waals surface area contributed by atoms with Crippen molar-refractivity contribution in [3.8, 4) is 0 Å². The van der Waals surface area contributed by atoms with Crippen LogP contribution in [-0.2, 0) is 6.54 Å². The van der Waals surface area contributed by atoms with Crippen LogP contribution in [0.1, 0.15) is 19.8 Å². The van der Waals surface area contributed by atoms with E-state index in [1.807, 2.05) is 6.07 Å². The molecule has 1 saturated heterocycles. The fourth-order valence-corrected chi connectivity index (χ4v) is 3.32. The fourth-order valence-electron chi connectivity index (χ4n) is 3.00. The second kappa shape index (κ2) is 5.34. The van der Waals surface area contributed by atoms with E-state index in [0.717, 1.165) is 43.5 Å². The lowest BCUT2D eigenvalue weighted by molar-refractivity contribution is 0.122. The van der Waals surface area contributed by atoms with Crippen LogP contribution >= 0.6 is 23.2 Å². The van der Waals surface area contributed by atoms with Crippen LogP contribution in [0.15, 0.2) is 12.1 Å². The van der Waals surface area contributed by atoms with Crippen molar-refractivity contribution >= 4 is 40.2 Å². The van der Waals surface area contributed by atoms with Gasteiger partial charge in [-0.15, -0.1) is 0 Å². The highest BCUT2D eigenvalue weighted by molar-refractivity contribution is 6.42. The zero-order valence-corrected chi connectivity index (χ0v) is 13.9. The summed E-state index contributed by atoms with van der Waals surface area (Å²) >= 11 is 12.2. The van der Waals surface area contributed by atoms with Gasteiger partial charge >= 0.3 is 0 Å². The molecule has 4 nitrogen and oxygen atoms in total. The molecule has 0 saturated carbocycles. The molecule has 114 valence electrons. The van der Waals surface area contributed by atoms with Crippen molar-refractivity contribution in [3.63, 3.8) is 0 Å². The number of imidazole rings is 1. The van der Waals surface area contributed by atoms with Gasteiger partial charge in [0.2, 0.25) is 5.95 Å². The van der Waals surface area contributed by atoms with E-state index in [0.29, 0.717) is 16.0 Å². The van der Waals surface area contributed by atoms with Crippen molar-refractivity contribution in [2.24, 2.45) is 5.41 Å². The van der Waals surface area contributed by atoms with Gasteiger partial charge < -0.3 is 15.2 Å². The number of rotatable bonds is 2. The van der Waals surface area contributed by atoms with Crippen molar-refractivity contribution in [1.29, 1.82) is 0 Å². The van der Waals surface area contributed by atoms with Crippen LogP contribution in [0.4, 0.5) is 5.95 Å². The van der Waals surface area contributed by atoms with Crippen molar-refractivity contribution in [2.45, 2.75) is 26.3 Å². The molecule has 1 fully saturated rings. The summed E-state index contributed by atoms with van der Waals surface area (Å²) in [5.41, 5.74) is 8.11. The molecular formula is C15H20Cl2N4. The molecule has 3 rings (SSSR count). The Balaban J connectivity index is 1.97. The molecule has 2 aromatic rings. The highest BCUT2D eigenvalue weighted by atomic mass is 35.5. The standard InChI is InChI=1S/C15H20Cl2N4/c1-15(3-5-20(2)6-4-15)9-21-13-8-11(17)10(16)7-12(13)19-14(21)18/h7-8H,3-6,9H2,1-2H3,(H2,18,19). The summed E-state index contributed by atoms with van der Waals surface area (Å²) in [6.45, 7) is 5.43. The molecule has 0 unspecified atom stereocenters. The molecule has 6 heteroatoms. The zero-order valence-electron chi connectivity index (χ0n) is 12.4. The molecule has 1 aliphatic heterocycles.